The number of benzene rings is 3. The van der Waals surface area contributed by atoms with Crippen LogP contribution in [0.2, 0.25) is 0 Å². The van der Waals surface area contributed by atoms with Crippen LogP contribution in [0.15, 0.2) is 84.9 Å². The third-order valence-electron chi connectivity index (χ3n) is 5.43. The average molecular weight is 451 g/mol. The molecule has 0 radical (unpaired) electrons. The first-order valence-corrected chi connectivity index (χ1v) is 12.6. The van der Waals surface area contributed by atoms with E-state index in [9.17, 15) is 4.57 Å². The van der Waals surface area contributed by atoms with Crippen molar-refractivity contribution < 1.29 is 9.30 Å². The summed E-state index contributed by atoms with van der Waals surface area (Å²) in [7, 11) is -3.14. The van der Waals surface area contributed by atoms with E-state index < -0.39 is 7.14 Å². The quantitative estimate of drug-likeness (QED) is 0.437. The summed E-state index contributed by atoms with van der Waals surface area (Å²) in [4.78, 5) is 2.33. The third kappa shape index (κ3) is 4.74. The van der Waals surface area contributed by atoms with Crippen molar-refractivity contribution in [3.8, 4) is 0 Å². The molecule has 31 heavy (non-hydrogen) atoms. The number of hydrogen-bond donors (Lipinski definition) is 1. The Balaban J connectivity index is 1.58. The SMILES string of the molecule is C[C@H]1CN(c2ccc(NC(=S)P(=O)(c3ccccc3)c3ccccc3)cc2)C[C@H](C)O1. The minimum atomic E-state index is -3.14. The highest BCUT2D eigenvalue weighted by atomic mass is 32.1. The number of hydrogen-bond acceptors (Lipinski definition) is 4. The zero-order chi connectivity index (χ0) is 21.8. The Hall–Kier alpha value is -2.46. The first kappa shape index (κ1) is 21.8. The summed E-state index contributed by atoms with van der Waals surface area (Å²) in [5.41, 5.74) is 1.97. The maximum Gasteiger partial charge on any atom is 0.197 e. The van der Waals surface area contributed by atoms with Crippen LogP contribution in [0.25, 0.3) is 0 Å². The van der Waals surface area contributed by atoms with Crippen molar-refractivity contribution in [2.24, 2.45) is 0 Å². The predicted molar refractivity (Wildman–Crippen MR) is 135 cm³/mol. The molecule has 1 fully saturated rings. The molecule has 2 atom stereocenters. The summed E-state index contributed by atoms with van der Waals surface area (Å²) >= 11 is 5.72. The lowest BCUT2D eigenvalue weighted by molar-refractivity contribution is -0.00521. The van der Waals surface area contributed by atoms with Crippen LogP contribution in [0.3, 0.4) is 0 Å². The average Bonchev–Trinajstić information content (AvgIpc) is 2.79. The van der Waals surface area contributed by atoms with E-state index in [1.807, 2.05) is 72.8 Å². The van der Waals surface area contributed by atoms with Gasteiger partial charge < -0.3 is 19.5 Å². The minimum Gasteiger partial charge on any atom is -0.372 e. The molecule has 160 valence electrons. The first-order chi connectivity index (χ1) is 15.0. The Morgan fingerprint density at radius 3 is 1.84 bits per heavy atom. The molecule has 0 bridgehead atoms. The monoisotopic (exact) mass is 450 g/mol. The van der Waals surface area contributed by atoms with Crippen LogP contribution in [-0.2, 0) is 9.30 Å². The maximum absolute atomic E-state index is 14.3. The van der Waals surface area contributed by atoms with Crippen molar-refractivity contribution in [1.82, 2.24) is 0 Å². The molecule has 0 spiro atoms. The number of nitrogens with one attached hydrogen (secondary N) is 1. The van der Waals surface area contributed by atoms with E-state index in [0.717, 1.165) is 35.1 Å². The molecule has 0 aliphatic carbocycles. The molecule has 3 aromatic carbocycles. The minimum absolute atomic E-state index is 0.205. The highest BCUT2D eigenvalue weighted by Crippen LogP contribution is 2.45. The zero-order valence-electron chi connectivity index (χ0n) is 17.8. The first-order valence-electron chi connectivity index (χ1n) is 10.5. The molecule has 4 nitrogen and oxygen atoms in total. The van der Waals surface area contributed by atoms with E-state index in [4.69, 9.17) is 17.0 Å². The Bertz CT molecular complexity index is 1020. The van der Waals surface area contributed by atoms with Crippen molar-refractivity contribution in [1.29, 1.82) is 0 Å². The summed E-state index contributed by atoms with van der Waals surface area (Å²) in [6, 6.07) is 27.1. The highest BCUT2D eigenvalue weighted by molar-refractivity contribution is 8.08. The second-order valence-corrected chi connectivity index (χ2v) is 11.3. The van der Waals surface area contributed by atoms with Crippen molar-refractivity contribution >= 4 is 46.1 Å². The topological polar surface area (TPSA) is 41.6 Å². The molecular weight excluding hydrogens is 423 g/mol. The van der Waals surface area contributed by atoms with Gasteiger partial charge in [-0.2, -0.15) is 0 Å². The zero-order valence-corrected chi connectivity index (χ0v) is 19.5. The number of ether oxygens (including phenoxy) is 1. The van der Waals surface area contributed by atoms with E-state index in [1.54, 1.807) is 0 Å². The molecular formula is C25H27N2O2PS. The van der Waals surface area contributed by atoms with Gasteiger partial charge in [0, 0.05) is 35.1 Å². The van der Waals surface area contributed by atoms with Gasteiger partial charge in [0.25, 0.3) is 0 Å². The fourth-order valence-electron chi connectivity index (χ4n) is 4.01. The molecule has 0 saturated carbocycles. The smallest absolute Gasteiger partial charge is 0.197 e. The summed E-state index contributed by atoms with van der Waals surface area (Å²) in [5.74, 6) is 0. The normalized spacial score (nSPS) is 19.1. The molecule has 0 unspecified atom stereocenters. The van der Waals surface area contributed by atoms with E-state index in [2.05, 4.69) is 36.2 Å². The number of rotatable bonds is 5. The second-order valence-electron chi connectivity index (χ2n) is 7.92. The van der Waals surface area contributed by atoms with Gasteiger partial charge in [-0.1, -0.05) is 72.9 Å². The predicted octanol–water partition coefficient (Wildman–Crippen LogP) is 5.01. The Labute approximate surface area is 189 Å². The molecule has 0 aromatic heterocycles. The fourth-order valence-corrected chi connectivity index (χ4v) is 6.99. The maximum atomic E-state index is 14.3. The molecule has 3 aromatic rings. The van der Waals surface area contributed by atoms with Crippen LogP contribution in [0.5, 0.6) is 0 Å². The van der Waals surface area contributed by atoms with E-state index >= 15 is 0 Å². The Morgan fingerprint density at radius 2 is 1.35 bits per heavy atom. The lowest BCUT2D eigenvalue weighted by Crippen LogP contribution is -2.45. The number of nitrogens with zero attached hydrogens (tertiary/aromatic N) is 1. The van der Waals surface area contributed by atoms with Gasteiger partial charge in [0.2, 0.25) is 0 Å². The van der Waals surface area contributed by atoms with Crippen LogP contribution < -0.4 is 20.8 Å². The molecule has 1 aliphatic heterocycles. The van der Waals surface area contributed by atoms with Crippen molar-refractivity contribution in [2.75, 3.05) is 23.3 Å². The van der Waals surface area contributed by atoms with Crippen molar-refractivity contribution in [3.63, 3.8) is 0 Å². The van der Waals surface area contributed by atoms with Crippen LogP contribution in [0.1, 0.15) is 13.8 Å². The second kappa shape index (κ2) is 9.35. The van der Waals surface area contributed by atoms with E-state index in [-0.39, 0.29) is 12.2 Å². The lowest BCUT2D eigenvalue weighted by atomic mass is 10.2. The number of morpholine rings is 1. The molecule has 1 heterocycles. The number of anilines is 2. The van der Waals surface area contributed by atoms with Gasteiger partial charge in [-0.15, -0.1) is 0 Å². The largest absolute Gasteiger partial charge is 0.372 e. The van der Waals surface area contributed by atoms with Crippen molar-refractivity contribution in [2.45, 2.75) is 26.1 Å². The fraction of sp³-hybridized carbons (Fsp3) is 0.240. The summed E-state index contributed by atoms with van der Waals surface area (Å²) in [6.07, 6.45) is 0.411. The molecule has 1 saturated heterocycles. The summed E-state index contributed by atoms with van der Waals surface area (Å²) in [5, 5.41) is 4.71. The van der Waals surface area contributed by atoms with Gasteiger partial charge in [-0.05, 0) is 38.1 Å². The van der Waals surface area contributed by atoms with Gasteiger partial charge >= 0.3 is 0 Å². The van der Waals surface area contributed by atoms with Crippen LogP contribution in [-0.4, -0.2) is 30.0 Å². The Kier molecular flexibility index (Phi) is 6.57. The molecule has 4 rings (SSSR count). The van der Waals surface area contributed by atoms with Gasteiger partial charge in [0.15, 0.2) is 7.14 Å². The summed E-state index contributed by atoms with van der Waals surface area (Å²) < 4.78 is 20.5. The third-order valence-corrected chi connectivity index (χ3v) is 9.04. The van der Waals surface area contributed by atoms with Gasteiger partial charge in [-0.3, -0.25) is 0 Å². The highest BCUT2D eigenvalue weighted by Gasteiger charge is 2.32. The molecule has 0 amide bonds. The van der Waals surface area contributed by atoms with Crippen LogP contribution >= 0.6 is 19.4 Å². The van der Waals surface area contributed by atoms with Crippen molar-refractivity contribution in [3.05, 3.63) is 84.9 Å². The van der Waals surface area contributed by atoms with Gasteiger partial charge in [-0.25, -0.2) is 0 Å². The van der Waals surface area contributed by atoms with Crippen LogP contribution in [0.4, 0.5) is 11.4 Å². The van der Waals surface area contributed by atoms with E-state index in [1.165, 1.54) is 0 Å². The molecule has 1 N–H and O–H groups in total. The number of thiocarbonyl (C=S) groups is 1. The molecule has 6 heteroatoms. The summed E-state index contributed by atoms with van der Waals surface area (Å²) in [6.45, 7) is 5.93. The standard InChI is InChI=1S/C25H27N2O2PS/c1-19-17-27(18-20(2)29-19)22-15-13-21(14-16-22)26-25(31)30(28,23-9-5-3-6-10-23)24-11-7-4-8-12-24/h3-16,19-20H,17-18H2,1-2H3,(H,26,31)/t19-,20-/m0/s1. The van der Waals surface area contributed by atoms with Gasteiger partial charge in [0.05, 0.1) is 12.2 Å². The Morgan fingerprint density at radius 1 is 0.871 bits per heavy atom. The van der Waals surface area contributed by atoms with Crippen LogP contribution in [0, 0.1) is 0 Å². The lowest BCUT2D eigenvalue weighted by Gasteiger charge is -2.36. The molecule has 1 aliphatic rings. The van der Waals surface area contributed by atoms with Gasteiger partial charge in [0.1, 0.15) is 4.73 Å². The van der Waals surface area contributed by atoms with E-state index in [0.29, 0.717) is 4.73 Å².